The lowest BCUT2D eigenvalue weighted by Crippen LogP contribution is -2.66. The molecule has 1 N–H and O–H groups in total. The zero-order chi connectivity index (χ0) is 27.6. The lowest BCUT2D eigenvalue weighted by Gasteiger charge is -2.46. The maximum absolute atomic E-state index is 12.3. The van der Waals surface area contributed by atoms with Crippen LogP contribution in [0.25, 0.3) is 0 Å². The van der Waals surface area contributed by atoms with Crippen molar-refractivity contribution in [2.24, 2.45) is 0 Å². The molecule has 0 radical (unpaired) electrons. The standard InChI is InChI=1S/C17H28N4O3.C8H10FN.C3H8/c1-18(9-8-15-6-4-3-5-7-15)12-16-20(10-11-22)17(24)13-19(2)21(16)14-23;1-10-6-7-2-4-8(9)5-3-7;1-3-2/h6,11,14,16H,3-5,7-10,12-13H2,1-2H3;2-5,10H,6H2,1H3;3H2,1-2H3. The van der Waals surface area contributed by atoms with Gasteiger partial charge in [-0.3, -0.25) is 14.6 Å². The normalized spacial score (nSPS) is 17.9. The average molecular weight is 520 g/mol. The van der Waals surface area contributed by atoms with Crippen LogP contribution >= 0.6 is 0 Å². The smallest absolute Gasteiger partial charge is 0.240 e. The van der Waals surface area contributed by atoms with Gasteiger partial charge in [-0.05, 0) is 63.9 Å². The van der Waals surface area contributed by atoms with Crippen molar-refractivity contribution in [1.82, 2.24) is 25.1 Å². The molecule has 0 spiro atoms. The molecule has 2 aliphatic rings. The number of likely N-dealkylation sites (N-methyl/N-ethyl adjacent to an activating group) is 2. The van der Waals surface area contributed by atoms with E-state index in [-0.39, 0.29) is 24.8 Å². The first-order chi connectivity index (χ1) is 17.8. The second-order valence-electron chi connectivity index (χ2n) is 9.48. The molecule has 1 heterocycles. The molecule has 0 bridgehead atoms. The van der Waals surface area contributed by atoms with Crippen LogP contribution in [0.1, 0.15) is 57.9 Å². The Labute approximate surface area is 222 Å². The molecular formula is C28H46FN5O3. The minimum Gasteiger partial charge on any atom is -0.316 e. The third-order valence-electron chi connectivity index (χ3n) is 6.09. The summed E-state index contributed by atoms with van der Waals surface area (Å²) in [7, 11) is 5.57. The highest BCUT2D eigenvalue weighted by molar-refractivity contribution is 5.82. The van der Waals surface area contributed by atoms with Crippen LogP contribution in [0.2, 0.25) is 0 Å². The van der Waals surface area contributed by atoms with Crippen LogP contribution in [-0.4, -0.2) is 91.9 Å². The summed E-state index contributed by atoms with van der Waals surface area (Å²) in [5.41, 5.74) is 2.60. The number of carbonyl (C=O) groups is 3. The first-order valence-corrected chi connectivity index (χ1v) is 13.2. The number of nitrogens with one attached hydrogen (secondary N) is 1. The quantitative estimate of drug-likeness (QED) is 0.377. The van der Waals surface area contributed by atoms with Gasteiger partial charge in [0, 0.05) is 26.7 Å². The van der Waals surface area contributed by atoms with E-state index >= 15 is 0 Å². The molecular weight excluding hydrogens is 473 g/mol. The van der Waals surface area contributed by atoms with Crippen LogP contribution in [-0.2, 0) is 20.9 Å². The first kappa shape index (κ1) is 32.4. The van der Waals surface area contributed by atoms with E-state index < -0.39 is 6.17 Å². The summed E-state index contributed by atoms with van der Waals surface area (Å²) in [6.07, 6.45) is 10.5. The van der Waals surface area contributed by atoms with Crippen molar-refractivity contribution in [3.8, 4) is 0 Å². The summed E-state index contributed by atoms with van der Waals surface area (Å²) in [5.74, 6) is -0.309. The number of hydrogen-bond acceptors (Lipinski definition) is 6. The lowest BCUT2D eigenvalue weighted by atomic mass is 9.97. The first-order valence-electron chi connectivity index (χ1n) is 13.2. The molecule has 9 heteroatoms. The Morgan fingerprint density at radius 1 is 1.16 bits per heavy atom. The fourth-order valence-electron chi connectivity index (χ4n) is 4.18. The lowest BCUT2D eigenvalue weighted by molar-refractivity contribution is -0.178. The summed E-state index contributed by atoms with van der Waals surface area (Å²) in [6, 6.07) is 6.47. The number of hydrazine groups is 1. The summed E-state index contributed by atoms with van der Waals surface area (Å²) < 4.78 is 12.3. The van der Waals surface area contributed by atoms with Gasteiger partial charge in [-0.1, -0.05) is 44.1 Å². The van der Waals surface area contributed by atoms with Gasteiger partial charge in [0.2, 0.25) is 12.3 Å². The number of amides is 2. The molecule has 1 aromatic rings. The molecule has 3 rings (SSSR count). The van der Waals surface area contributed by atoms with E-state index in [0.29, 0.717) is 12.8 Å². The number of hydrogen-bond donors (Lipinski definition) is 1. The summed E-state index contributed by atoms with van der Waals surface area (Å²) in [6.45, 7) is 6.57. The summed E-state index contributed by atoms with van der Waals surface area (Å²) in [4.78, 5) is 38.2. The van der Waals surface area contributed by atoms with Crippen molar-refractivity contribution in [3.05, 3.63) is 47.3 Å². The molecule has 2 amide bonds. The molecule has 0 aromatic heterocycles. The van der Waals surface area contributed by atoms with Gasteiger partial charge in [0.05, 0.1) is 13.1 Å². The minimum absolute atomic E-state index is 0.0146. The molecule has 1 unspecified atom stereocenters. The Morgan fingerprint density at radius 3 is 2.38 bits per heavy atom. The third-order valence-corrected chi connectivity index (χ3v) is 6.09. The van der Waals surface area contributed by atoms with Gasteiger partial charge in [0.1, 0.15) is 18.3 Å². The van der Waals surface area contributed by atoms with Crippen molar-refractivity contribution in [2.75, 3.05) is 47.3 Å². The summed E-state index contributed by atoms with van der Waals surface area (Å²) >= 11 is 0. The van der Waals surface area contributed by atoms with E-state index in [4.69, 9.17) is 0 Å². The number of rotatable bonds is 10. The van der Waals surface area contributed by atoms with Crippen LogP contribution < -0.4 is 5.32 Å². The predicted octanol–water partition coefficient (Wildman–Crippen LogP) is 3.44. The summed E-state index contributed by atoms with van der Waals surface area (Å²) in [5, 5.41) is 6.09. The number of nitrogens with zero attached hydrogens (tertiary/aromatic N) is 4. The Kier molecular flexibility index (Phi) is 16.3. The minimum atomic E-state index is -0.440. The maximum atomic E-state index is 12.3. The van der Waals surface area contributed by atoms with Gasteiger partial charge < -0.3 is 19.9 Å². The van der Waals surface area contributed by atoms with Gasteiger partial charge in [0.15, 0.2) is 0 Å². The molecule has 1 aliphatic carbocycles. The monoisotopic (exact) mass is 519 g/mol. The second-order valence-corrected chi connectivity index (χ2v) is 9.48. The molecule has 208 valence electrons. The molecule has 37 heavy (non-hydrogen) atoms. The molecule has 1 aromatic carbocycles. The maximum Gasteiger partial charge on any atom is 0.240 e. The molecule has 0 saturated carbocycles. The van der Waals surface area contributed by atoms with E-state index in [2.05, 4.69) is 30.1 Å². The second kappa shape index (κ2) is 18.6. The Balaban J connectivity index is 0.000000435. The highest BCUT2D eigenvalue weighted by atomic mass is 19.1. The van der Waals surface area contributed by atoms with E-state index in [9.17, 15) is 18.8 Å². The molecule has 1 atom stereocenters. The fraction of sp³-hybridized carbons (Fsp3) is 0.607. The van der Waals surface area contributed by atoms with Gasteiger partial charge in [0.25, 0.3) is 0 Å². The van der Waals surface area contributed by atoms with Crippen molar-refractivity contribution in [2.45, 2.75) is 65.1 Å². The SMILES string of the molecule is CCC.CN(CCC1=CCCCC1)CC1N(CC=O)C(=O)CN(C)N1C=O.CNCc1ccc(F)cc1. The molecule has 1 fully saturated rings. The highest BCUT2D eigenvalue weighted by Crippen LogP contribution is 2.21. The zero-order valence-electron chi connectivity index (χ0n) is 23.3. The van der Waals surface area contributed by atoms with Crippen LogP contribution in [0.15, 0.2) is 35.9 Å². The average Bonchev–Trinajstić information content (AvgIpc) is 2.88. The molecule has 1 saturated heterocycles. The van der Waals surface area contributed by atoms with Gasteiger partial charge in [-0.15, -0.1) is 0 Å². The van der Waals surface area contributed by atoms with Crippen LogP contribution in [0.4, 0.5) is 4.39 Å². The van der Waals surface area contributed by atoms with Crippen molar-refractivity contribution in [1.29, 1.82) is 0 Å². The topological polar surface area (TPSA) is 76.2 Å². The van der Waals surface area contributed by atoms with E-state index in [0.717, 1.165) is 31.5 Å². The van der Waals surface area contributed by atoms with E-state index in [1.165, 1.54) is 59.7 Å². The van der Waals surface area contributed by atoms with Crippen LogP contribution in [0, 0.1) is 5.82 Å². The fourth-order valence-corrected chi connectivity index (χ4v) is 4.18. The Hall–Kier alpha value is -2.62. The predicted molar refractivity (Wildman–Crippen MR) is 146 cm³/mol. The largest absolute Gasteiger partial charge is 0.316 e. The van der Waals surface area contributed by atoms with E-state index in [1.54, 1.807) is 24.2 Å². The number of benzene rings is 1. The van der Waals surface area contributed by atoms with Crippen LogP contribution in [0.5, 0.6) is 0 Å². The Bertz CT molecular complexity index is 834. The van der Waals surface area contributed by atoms with Gasteiger partial charge >= 0.3 is 0 Å². The van der Waals surface area contributed by atoms with Crippen molar-refractivity contribution >= 4 is 18.6 Å². The number of carbonyl (C=O) groups excluding carboxylic acids is 3. The van der Waals surface area contributed by atoms with Crippen molar-refractivity contribution in [3.63, 3.8) is 0 Å². The third kappa shape index (κ3) is 12.0. The molecule has 1 aliphatic heterocycles. The van der Waals surface area contributed by atoms with E-state index in [1.807, 2.05) is 14.1 Å². The van der Waals surface area contributed by atoms with Gasteiger partial charge in [-0.2, -0.15) is 0 Å². The molecule has 8 nitrogen and oxygen atoms in total. The number of allylic oxidation sites excluding steroid dienone is 1. The van der Waals surface area contributed by atoms with Crippen molar-refractivity contribution < 1.29 is 18.8 Å². The Morgan fingerprint density at radius 2 is 1.84 bits per heavy atom. The zero-order valence-corrected chi connectivity index (χ0v) is 23.3. The highest BCUT2D eigenvalue weighted by Gasteiger charge is 2.37. The van der Waals surface area contributed by atoms with Gasteiger partial charge in [-0.25, -0.2) is 9.40 Å². The number of halogens is 1. The van der Waals surface area contributed by atoms with Crippen LogP contribution in [0.3, 0.4) is 0 Å². The number of aldehydes is 1.